The first kappa shape index (κ1) is 14.8. The molecule has 1 aliphatic heterocycles. The molecule has 0 aromatic heterocycles. The van der Waals surface area contributed by atoms with Crippen LogP contribution < -0.4 is 5.73 Å². The molecule has 1 aliphatic rings. The summed E-state index contributed by atoms with van der Waals surface area (Å²) in [6.45, 7) is 0.364. The van der Waals surface area contributed by atoms with Gasteiger partial charge in [0.15, 0.2) is 0 Å². The highest BCUT2D eigenvalue weighted by Crippen LogP contribution is 2.27. The van der Waals surface area contributed by atoms with E-state index in [0.29, 0.717) is 6.42 Å². The van der Waals surface area contributed by atoms with Crippen molar-refractivity contribution in [2.24, 2.45) is 5.92 Å². The van der Waals surface area contributed by atoms with E-state index in [0.717, 1.165) is 6.07 Å². The summed E-state index contributed by atoms with van der Waals surface area (Å²) < 4.78 is 26.2. The van der Waals surface area contributed by atoms with Crippen molar-refractivity contribution in [2.45, 2.75) is 11.3 Å². The fourth-order valence-electron chi connectivity index (χ4n) is 2.23. The first-order valence-electron chi connectivity index (χ1n) is 6.10. The van der Waals surface area contributed by atoms with E-state index in [1.54, 1.807) is 0 Å². The number of rotatable bonds is 4. The van der Waals surface area contributed by atoms with E-state index in [2.05, 4.69) is 0 Å². The molecule has 0 amide bonds. The van der Waals surface area contributed by atoms with Crippen LogP contribution in [0.25, 0.3) is 0 Å². The Morgan fingerprint density at radius 2 is 2.15 bits per heavy atom. The topological polar surface area (TPSA) is 121 Å². The molecule has 1 aromatic rings. The van der Waals surface area contributed by atoms with E-state index >= 15 is 0 Å². The zero-order valence-corrected chi connectivity index (χ0v) is 11.5. The number of anilines is 1. The predicted molar refractivity (Wildman–Crippen MR) is 71.8 cm³/mol. The molecule has 1 saturated heterocycles. The highest BCUT2D eigenvalue weighted by molar-refractivity contribution is 7.89. The Morgan fingerprint density at radius 3 is 2.70 bits per heavy atom. The van der Waals surface area contributed by atoms with Gasteiger partial charge in [-0.25, -0.2) is 13.2 Å². The zero-order chi connectivity index (χ0) is 14.9. The third kappa shape index (κ3) is 2.62. The van der Waals surface area contributed by atoms with Crippen molar-refractivity contribution in [3.8, 4) is 0 Å². The lowest BCUT2D eigenvalue weighted by Gasteiger charge is -2.18. The molecule has 0 aliphatic carbocycles. The van der Waals surface area contributed by atoms with Crippen LogP contribution in [0.5, 0.6) is 0 Å². The second-order valence-electron chi connectivity index (χ2n) is 4.76. The molecule has 110 valence electrons. The first-order chi connectivity index (χ1) is 9.36. The molecule has 0 spiro atoms. The fourth-order valence-corrected chi connectivity index (χ4v) is 3.98. The van der Waals surface area contributed by atoms with Gasteiger partial charge in [0.1, 0.15) is 0 Å². The Morgan fingerprint density at radius 1 is 1.45 bits per heavy atom. The van der Waals surface area contributed by atoms with E-state index in [-0.39, 0.29) is 41.8 Å². The van der Waals surface area contributed by atoms with Crippen LogP contribution in [0.2, 0.25) is 0 Å². The van der Waals surface area contributed by atoms with Crippen LogP contribution in [0.3, 0.4) is 0 Å². The number of hydrogen-bond acceptors (Lipinski definition) is 5. The van der Waals surface area contributed by atoms with E-state index in [1.165, 1.54) is 16.4 Å². The van der Waals surface area contributed by atoms with Gasteiger partial charge < -0.3 is 15.9 Å². The lowest BCUT2D eigenvalue weighted by Crippen LogP contribution is -2.30. The number of hydrogen-bond donors (Lipinski definition) is 3. The summed E-state index contributed by atoms with van der Waals surface area (Å²) in [5.74, 6) is -1.43. The Hall–Kier alpha value is -1.64. The zero-order valence-electron chi connectivity index (χ0n) is 10.7. The average molecular weight is 300 g/mol. The van der Waals surface area contributed by atoms with Gasteiger partial charge in [0.2, 0.25) is 10.0 Å². The first-order valence-corrected chi connectivity index (χ1v) is 7.54. The van der Waals surface area contributed by atoms with Gasteiger partial charge in [-0.3, -0.25) is 0 Å². The van der Waals surface area contributed by atoms with Crippen LogP contribution in [-0.4, -0.2) is 48.6 Å². The molecule has 1 fully saturated rings. The van der Waals surface area contributed by atoms with Crippen molar-refractivity contribution in [3.05, 3.63) is 23.8 Å². The van der Waals surface area contributed by atoms with Crippen molar-refractivity contribution in [2.75, 3.05) is 25.4 Å². The Bertz CT molecular complexity index is 629. The van der Waals surface area contributed by atoms with Crippen molar-refractivity contribution < 1.29 is 23.4 Å². The Labute approximate surface area is 116 Å². The van der Waals surface area contributed by atoms with Crippen LogP contribution in [-0.2, 0) is 10.0 Å². The molecule has 20 heavy (non-hydrogen) atoms. The molecule has 0 radical (unpaired) electrons. The molecule has 1 unspecified atom stereocenters. The van der Waals surface area contributed by atoms with E-state index in [9.17, 15) is 13.2 Å². The summed E-state index contributed by atoms with van der Waals surface area (Å²) in [7, 11) is -3.92. The van der Waals surface area contributed by atoms with Crippen molar-refractivity contribution >= 4 is 21.7 Å². The number of aliphatic hydroxyl groups excluding tert-OH is 1. The lowest BCUT2D eigenvalue weighted by atomic mass is 10.1. The number of nitrogens with two attached hydrogens (primary N) is 1. The second-order valence-corrected chi connectivity index (χ2v) is 6.67. The van der Waals surface area contributed by atoms with Gasteiger partial charge in [-0.1, -0.05) is 0 Å². The normalized spacial score (nSPS) is 20.1. The van der Waals surface area contributed by atoms with Crippen LogP contribution >= 0.6 is 0 Å². The molecule has 1 heterocycles. The molecule has 2 rings (SSSR count). The van der Waals surface area contributed by atoms with Gasteiger partial charge >= 0.3 is 5.97 Å². The summed E-state index contributed by atoms with van der Waals surface area (Å²) in [4.78, 5) is 10.8. The average Bonchev–Trinajstić information content (AvgIpc) is 2.87. The van der Waals surface area contributed by atoms with Crippen molar-refractivity contribution in [3.63, 3.8) is 0 Å². The van der Waals surface area contributed by atoms with Crippen LogP contribution in [0.15, 0.2) is 23.1 Å². The lowest BCUT2D eigenvalue weighted by molar-refractivity contribution is 0.0692. The number of nitrogen functional groups attached to an aromatic ring is 1. The summed E-state index contributed by atoms with van der Waals surface area (Å²) in [6, 6.07) is 3.69. The smallest absolute Gasteiger partial charge is 0.337 e. The number of benzene rings is 1. The molecule has 1 atom stereocenters. The van der Waals surface area contributed by atoms with E-state index in [1.807, 2.05) is 0 Å². The molecule has 7 nitrogen and oxygen atoms in total. The fraction of sp³-hybridized carbons (Fsp3) is 0.417. The molecule has 8 heteroatoms. The largest absolute Gasteiger partial charge is 0.478 e. The van der Waals surface area contributed by atoms with E-state index in [4.69, 9.17) is 15.9 Å². The van der Waals surface area contributed by atoms with E-state index < -0.39 is 16.0 Å². The molecular formula is C12H16N2O5S. The third-order valence-corrected chi connectivity index (χ3v) is 5.27. The van der Waals surface area contributed by atoms with Crippen LogP contribution in [0.1, 0.15) is 16.8 Å². The number of aromatic carboxylic acids is 1. The maximum absolute atomic E-state index is 12.5. The molecule has 4 N–H and O–H groups in total. The van der Waals surface area contributed by atoms with Crippen molar-refractivity contribution in [1.82, 2.24) is 4.31 Å². The SMILES string of the molecule is Nc1ccc(C(=O)O)c(S(=O)(=O)N2CCC(CO)C2)c1. The monoisotopic (exact) mass is 300 g/mol. The van der Waals surface area contributed by atoms with Gasteiger partial charge in [0, 0.05) is 25.4 Å². The second kappa shape index (κ2) is 5.39. The number of carboxylic acids is 1. The van der Waals surface area contributed by atoms with Crippen LogP contribution in [0.4, 0.5) is 5.69 Å². The Kier molecular flexibility index (Phi) is 3.98. The number of aliphatic hydroxyl groups is 1. The van der Waals surface area contributed by atoms with Gasteiger partial charge in [0.25, 0.3) is 0 Å². The van der Waals surface area contributed by atoms with Gasteiger partial charge in [-0.2, -0.15) is 4.31 Å². The molecule has 0 bridgehead atoms. The number of sulfonamides is 1. The molecular weight excluding hydrogens is 284 g/mol. The van der Waals surface area contributed by atoms with Crippen molar-refractivity contribution in [1.29, 1.82) is 0 Å². The van der Waals surface area contributed by atoms with Gasteiger partial charge in [0.05, 0.1) is 10.5 Å². The molecule has 1 aromatic carbocycles. The van der Waals surface area contributed by atoms with Crippen LogP contribution in [0, 0.1) is 5.92 Å². The summed E-state index contributed by atoms with van der Waals surface area (Å²) in [6.07, 6.45) is 0.556. The summed E-state index contributed by atoms with van der Waals surface area (Å²) in [5.41, 5.74) is 5.45. The minimum atomic E-state index is -3.92. The maximum Gasteiger partial charge on any atom is 0.337 e. The summed E-state index contributed by atoms with van der Waals surface area (Å²) >= 11 is 0. The Balaban J connectivity index is 2.44. The quantitative estimate of drug-likeness (QED) is 0.671. The standard InChI is InChI=1S/C12H16N2O5S/c13-9-1-2-10(12(16)17)11(5-9)20(18,19)14-4-3-8(6-14)7-15/h1-2,5,8,15H,3-4,6-7,13H2,(H,16,17). The van der Waals surface area contributed by atoms with Gasteiger partial charge in [-0.15, -0.1) is 0 Å². The molecule has 0 saturated carbocycles. The number of carbonyl (C=O) groups is 1. The predicted octanol–water partition coefficient (Wildman–Crippen LogP) is -0.0301. The maximum atomic E-state index is 12.5. The number of carboxylic acid groups (broad SMARTS) is 1. The minimum Gasteiger partial charge on any atom is -0.478 e. The highest BCUT2D eigenvalue weighted by atomic mass is 32.2. The minimum absolute atomic E-state index is 0.0886. The highest BCUT2D eigenvalue weighted by Gasteiger charge is 2.34. The third-order valence-electron chi connectivity index (χ3n) is 3.36. The van der Waals surface area contributed by atoms with Gasteiger partial charge in [-0.05, 0) is 30.5 Å². The summed E-state index contributed by atoms with van der Waals surface area (Å²) in [5, 5.41) is 18.2. The number of nitrogens with zero attached hydrogens (tertiary/aromatic N) is 1.